The van der Waals surface area contributed by atoms with Crippen molar-refractivity contribution in [3.05, 3.63) is 82.0 Å². The number of nitrogens with zero attached hydrogens (tertiary/aromatic N) is 6. The number of morpholine rings is 1. The van der Waals surface area contributed by atoms with Crippen LogP contribution >= 0.6 is 11.6 Å². The average Bonchev–Trinajstić information content (AvgIpc) is 3.42. The molecule has 1 aromatic heterocycles. The summed E-state index contributed by atoms with van der Waals surface area (Å²) in [5.74, 6) is -0.483. The normalized spacial score (nSPS) is 18.6. The summed E-state index contributed by atoms with van der Waals surface area (Å²) in [6.45, 7) is 5.82. The van der Waals surface area contributed by atoms with Crippen molar-refractivity contribution < 1.29 is 46.6 Å². The highest BCUT2D eigenvalue weighted by molar-refractivity contribution is 6.33. The maximum atomic E-state index is 14.1. The van der Waals surface area contributed by atoms with Gasteiger partial charge in [0.1, 0.15) is 12.4 Å². The van der Waals surface area contributed by atoms with Gasteiger partial charge < -0.3 is 44.9 Å². The number of hydrogen-bond donors (Lipinski definition) is 2. The second-order valence-corrected chi connectivity index (χ2v) is 15.6. The highest BCUT2D eigenvalue weighted by atomic mass is 35.5. The maximum Gasteiger partial charge on any atom is 0.418 e. The predicted molar refractivity (Wildman–Crippen MR) is 216 cm³/mol. The second-order valence-electron chi connectivity index (χ2n) is 15.2. The summed E-state index contributed by atoms with van der Waals surface area (Å²) in [7, 11) is 0. The molecule has 4 aliphatic heterocycles. The molecule has 7 rings (SSSR count). The van der Waals surface area contributed by atoms with Gasteiger partial charge in [0.15, 0.2) is 6.10 Å². The van der Waals surface area contributed by atoms with Crippen LogP contribution in [0.2, 0.25) is 5.02 Å². The van der Waals surface area contributed by atoms with Gasteiger partial charge in [-0.05, 0) is 60.7 Å². The minimum atomic E-state index is -4.82. The summed E-state index contributed by atoms with van der Waals surface area (Å²) in [6, 6.07) is 12.7. The number of nitrogens with two attached hydrogens (primary N) is 1. The van der Waals surface area contributed by atoms with Crippen molar-refractivity contribution in [3.8, 4) is 0 Å². The summed E-state index contributed by atoms with van der Waals surface area (Å²) in [5.41, 5.74) is 6.00. The van der Waals surface area contributed by atoms with Gasteiger partial charge in [-0.1, -0.05) is 29.8 Å². The maximum absolute atomic E-state index is 14.1. The number of alkyl halides is 3. The number of nitrogens with one attached hydrogen (secondary N) is 1. The largest absolute Gasteiger partial charge is 0.461 e. The van der Waals surface area contributed by atoms with Crippen LogP contribution in [-0.2, 0) is 38.0 Å². The Morgan fingerprint density at radius 2 is 1.68 bits per heavy atom. The predicted octanol–water partition coefficient (Wildman–Crippen LogP) is 4.78. The first-order valence-electron chi connectivity index (χ1n) is 20.1. The molecule has 3 N–H and O–H groups in total. The number of carbonyl (C=O) groups is 4. The van der Waals surface area contributed by atoms with Gasteiger partial charge in [0.25, 0.3) is 5.91 Å². The van der Waals surface area contributed by atoms with Crippen molar-refractivity contribution in [1.82, 2.24) is 24.6 Å². The number of fused-ring (bicyclic) bond motifs is 1. The third kappa shape index (κ3) is 10.3. The smallest absolute Gasteiger partial charge is 0.418 e. The zero-order valence-corrected chi connectivity index (χ0v) is 33.8. The van der Waals surface area contributed by atoms with Crippen molar-refractivity contribution in [2.75, 3.05) is 101 Å². The van der Waals surface area contributed by atoms with E-state index >= 15 is 0 Å². The fourth-order valence-electron chi connectivity index (χ4n) is 7.94. The molecule has 15 nitrogen and oxygen atoms in total. The van der Waals surface area contributed by atoms with E-state index in [9.17, 15) is 32.3 Å². The van der Waals surface area contributed by atoms with Crippen molar-refractivity contribution in [2.24, 2.45) is 0 Å². The fourth-order valence-corrected chi connectivity index (χ4v) is 8.19. The summed E-state index contributed by atoms with van der Waals surface area (Å²) in [6.07, 6.45) is -4.43. The van der Waals surface area contributed by atoms with E-state index in [-0.39, 0.29) is 61.9 Å². The molecule has 0 spiro atoms. The first-order valence-corrected chi connectivity index (χ1v) is 20.4. The van der Waals surface area contributed by atoms with Crippen LogP contribution in [0, 0.1) is 0 Å². The molecule has 3 aromatic rings. The van der Waals surface area contributed by atoms with Crippen molar-refractivity contribution >= 4 is 52.8 Å². The highest BCUT2D eigenvalue weighted by Crippen LogP contribution is 2.38. The third-order valence-corrected chi connectivity index (χ3v) is 11.7. The van der Waals surface area contributed by atoms with Gasteiger partial charge in [0.2, 0.25) is 0 Å². The molecule has 3 fully saturated rings. The van der Waals surface area contributed by atoms with E-state index in [4.69, 9.17) is 31.5 Å². The monoisotopic (exact) mass is 856 g/mol. The number of para-hydroxylation sites is 1. The third-order valence-electron chi connectivity index (χ3n) is 11.4. The minimum absolute atomic E-state index is 0.0158. The molecule has 19 heteroatoms. The molecular formula is C41H48ClF3N8O7. The molecule has 2 aromatic carbocycles. The number of rotatable bonds is 10. The number of piperazine rings is 1. The topological polar surface area (TPSA) is 163 Å². The van der Waals surface area contributed by atoms with Crippen LogP contribution in [-0.4, -0.2) is 146 Å². The number of esters is 1. The molecule has 0 bridgehead atoms. The van der Waals surface area contributed by atoms with E-state index in [1.807, 2.05) is 29.2 Å². The molecule has 60 heavy (non-hydrogen) atoms. The Hall–Kier alpha value is -5.33. The number of halogens is 4. The molecule has 0 radical (unpaired) electrons. The second kappa shape index (κ2) is 18.9. The van der Waals surface area contributed by atoms with Crippen molar-refractivity contribution in [1.29, 1.82) is 0 Å². The number of likely N-dealkylation sites (tertiary alicyclic amines) is 1. The quantitative estimate of drug-likeness (QED) is 0.213. The van der Waals surface area contributed by atoms with Gasteiger partial charge in [0.05, 0.1) is 35.1 Å². The Balaban J connectivity index is 0.972. The van der Waals surface area contributed by atoms with E-state index in [1.165, 1.54) is 22.1 Å². The lowest BCUT2D eigenvalue weighted by atomic mass is 10.0. The van der Waals surface area contributed by atoms with Gasteiger partial charge >= 0.3 is 24.3 Å². The molecule has 1 atom stereocenters. The summed E-state index contributed by atoms with van der Waals surface area (Å²) in [4.78, 5) is 66.8. The van der Waals surface area contributed by atoms with Crippen LogP contribution in [0.5, 0.6) is 0 Å². The van der Waals surface area contributed by atoms with Crippen LogP contribution in [0.1, 0.15) is 39.9 Å². The Bertz CT molecular complexity index is 2020. The van der Waals surface area contributed by atoms with Crippen LogP contribution in [0.3, 0.4) is 0 Å². The lowest BCUT2D eigenvalue weighted by Crippen LogP contribution is -2.54. The molecule has 4 amide bonds. The zero-order chi connectivity index (χ0) is 42.4. The number of nitrogen functional groups attached to an aromatic ring is 1. The Labute approximate surface area is 350 Å². The lowest BCUT2D eigenvalue weighted by molar-refractivity contribution is -0.141. The summed E-state index contributed by atoms with van der Waals surface area (Å²) < 4.78 is 58.3. The van der Waals surface area contributed by atoms with Crippen LogP contribution in [0.4, 0.5) is 40.0 Å². The molecule has 322 valence electrons. The summed E-state index contributed by atoms with van der Waals surface area (Å²) >= 11 is 6.13. The van der Waals surface area contributed by atoms with Gasteiger partial charge in [-0.3, -0.25) is 9.69 Å². The zero-order valence-electron chi connectivity index (χ0n) is 33.0. The van der Waals surface area contributed by atoms with Crippen molar-refractivity contribution in [2.45, 2.75) is 44.0 Å². The van der Waals surface area contributed by atoms with Gasteiger partial charge in [0, 0.05) is 89.8 Å². The van der Waals surface area contributed by atoms with Crippen LogP contribution in [0.15, 0.2) is 54.7 Å². The standard InChI is InChI=1S/C41H48ClF3N8O7/c42-32-24-27(23-31(36(32)46)41(43,44)45)25-34(60-40(57)52-10-8-30(9-11-52)53-12-7-28-3-1-2-4-33(28)48-39(53)56)37(54)51-15-13-50(14-16-51)35-6-5-29(26-47-35)38(55)59-22-19-49-17-20-58-21-18-49/h1-6,23-24,26,30,34H,7-22,25,46H2,(H,48,56)/t34-/m1/s1. The molecule has 0 aliphatic carbocycles. The van der Waals surface area contributed by atoms with Crippen molar-refractivity contribution in [3.63, 3.8) is 0 Å². The number of pyridine rings is 1. The van der Waals surface area contributed by atoms with Gasteiger partial charge in [-0.25, -0.2) is 19.4 Å². The number of aromatic nitrogens is 1. The first-order chi connectivity index (χ1) is 28.8. The van der Waals surface area contributed by atoms with E-state index in [1.54, 1.807) is 17.0 Å². The SMILES string of the molecule is Nc1c(Cl)cc(C[C@@H](OC(=O)N2CCC(N3CCc4ccccc4NC3=O)CC2)C(=O)N2CCN(c3ccc(C(=O)OCCN4CCOCC4)cn3)CC2)cc1C(F)(F)F. The van der Waals surface area contributed by atoms with E-state index in [2.05, 4.69) is 15.2 Å². The van der Waals surface area contributed by atoms with Crippen LogP contribution in [0.25, 0.3) is 0 Å². The molecular weight excluding hydrogens is 809 g/mol. The van der Waals surface area contributed by atoms with Gasteiger partial charge in [-0.15, -0.1) is 0 Å². The average molecular weight is 857 g/mol. The highest BCUT2D eigenvalue weighted by Gasteiger charge is 2.38. The number of benzene rings is 2. The van der Waals surface area contributed by atoms with E-state index < -0.39 is 41.5 Å². The Morgan fingerprint density at radius 1 is 0.950 bits per heavy atom. The molecule has 3 saturated heterocycles. The number of piperidine rings is 1. The van der Waals surface area contributed by atoms with E-state index in [0.717, 1.165) is 30.4 Å². The number of ether oxygens (including phenoxy) is 3. The number of carbonyl (C=O) groups excluding carboxylic acids is 4. The number of amides is 4. The number of anilines is 3. The molecule has 0 saturated carbocycles. The van der Waals surface area contributed by atoms with Gasteiger partial charge in [-0.2, -0.15) is 13.2 Å². The molecule has 0 unspecified atom stereocenters. The number of urea groups is 1. The molecule has 5 heterocycles. The Morgan fingerprint density at radius 3 is 2.38 bits per heavy atom. The Kier molecular flexibility index (Phi) is 13.5. The minimum Gasteiger partial charge on any atom is -0.461 e. The van der Waals surface area contributed by atoms with Crippen LogP contribution < -0.4 is 16.0 Å². The molecule has 4 aliphatic rings. The lowest BCUT2D eigenvalue weighted by Gasteiger charge is -2.39. The fraction of sp³-hybridized carbons (Fsp3) is 0.488. The van der Waals surface area contributed by atoms with E-state index in [0.29, 0.717) is 70.0 Å². The first kappa shape index (κ1) is 42.8. The summed E-state index contributed by atoms with van der Waals surface area (Å²) in [5, 5.41) is 2.64. The number of hydrogen-bond acceptors (Lipinski definition) is 11.